The van der Waals surface area contributed by atoms with E-state index in [1.807, 2.05) is 29.9 Å². The summed E-state index contributed by atoms with van der Waals surface area (Å²) in [5, 5.41) is 1.98. The zero-order chi connectivity index (χ0) is 7.40. The number of rotatable bonds is 2. The molecule has 0 N–H and O–H groups in total. The molecule has 1 radical (unpaired) electrons. The van der Waals surface area contributed by atoms with Crippen molar-refractivity contribution in [2.75, 3.05) is 0 Å². The van der Waals surface area contributed by atoms with E-state index in [0.29, 0.717) is 5.57 Å². The fraction of sp³-hybridized carbons (Fsp3) is 0.125. The van der Waals surface area contributed by atoms with Crippen LogP contribution in [-0.2, 0) is 37.5 Å². The third kappa shape index (κ3) is 3.95. The second-order valence-electron chi connectivity index (χ2n) is 1.94. The first kappa shape index (κ1) is 11.2. The second-order valence-corrected chi connectivity index (χ2v) is 2.92. The summed E-state index contributed by atoms with van der Waals surface area (Å²) in [6.45, 7) is 1.74. The maximum atomic E-state index is 10.0. The van der Waals surface area contributed by atoms with E-state index in [9.17, 15) is 4.79 Å². The van der Waals surface area contributed by atoms with Gasteiger partial charge in [-0.1, -0.05) is 23.9 Å². The molecule has 1 nitrogen and oxygen atoms in total. The SMILES string of the molecule is C/C([C-]=O)=C/c1cccs1.[Y]. The smallest absolute Gasteiger partial charge is 0 e. The third-order valence-corrected chi connectivity index (χ3v) is 1.88. The second kappa shape index (κ2) is 5.81. The minimum absolute atomic E-state index is 0. The Morgan fingerprint density at radius 2 is 2.45 bits per heavy atom. The molecule has 0 spiro atoms. The molecule has 1 rings (SSSR count). The van der Waals surface area contributed by atoms with Gasteiger partial charge in [-0.05, 0) is 11.7 Å². The van der Waals surface area contributed by atoms with Crippen molar-refractivity contribution in [3.63, 3.8) is 0 Å². The summed E-state index contributed by atoms with van der Waals surface area (Å²) < 4.78 is 0. The predicted molar refractivity (Wildman–Crippen MR) is 43.7 cm³/mol. The summed E-state index contributed by atoms with van der Waals surface area (Å²) in [6, 6.07) is 3.92. The summed E-state index contributed by atoms with van der Waals surface area (Å²) in [6.07, 6.45) is 3.64. The van der Waals surface area contributed by atoms with Crippen LogP contribution in [0.3, 0.4) is 0 Å². The zero-order valence-electron chi connectivity index (χ0n) is 6.20. The van der Waals surface area contributed by atoms with E-state index in [2.05, 4.69) is 0 Å². The molecule has 55 valence electrons. The molecular weight excluding hydrogens is 233 g/mol. The molecule has 1 aromatic rings. The predicted octanol–water partition coefficient (Wildman–Crippen LogP) is 2.26. The summed E-state index contributed by atoms with van der Waals surface area (Å²) in [7, 11) is 0. The Morgan fingerprint density at radius 1 is 1.73 bits per heavy atom. The van der Waals surface area contributed by atoms with Gasteiger partial charge in [-0.15, -0.1) is 0 Å². The van der Waals surface area contributed by atoms with E-state index in [1.54, 1.807) is 18.3 Å². The standard InChI is InChI=1S/C8H7OS.Y/c1-7(6-9)5-8-3-2-4-10-8;/h2-5H,1H3;/q-1;/b7-5-;. The number of carbonyl (C=O) groups excluding carboxylic acids is 1. The average molecular weight is 240 g/mol. The molecule has 0 aliphatic heterocycles. The Kier molecular flexibility index (Phi) is 5.93. The molecule has 0 saturated carbocycles. The van der Waals surface area contributed by atoms with Crippen molar-refractivity contribution in [3.8, 4) is 0 Å². The molecule has 0 bridgehead atoms. The molecule has 1 heterocycles. The summed E-state index contributed by atoms with van der Waals surface area (Å²) in [4.78, 5) is 11.1. The van der Waals surface area contributed by atoms with Crippen LogP contribution in [0.1, 0.15) is 11.8 Å². The van der Waals surface area contributed by atoms with Crippen LogP contribution in [0.15, 0.2) is 23.1 Å². The summed E-state index contributed by atoms with van der Waals surface area (Å²) in [5.41, 5.74) is 0.641. The maximum absolute atomic E-state index is 10.0. The van der Waals surface area contributed by atoms with Gasteiger partial charge < -0.3 is 4.79 Å². The molecule has 0 atom stereocenters. The van der Waals surface area contributed by atoms with Gasteiger partial charge in [-0.2, -0.15) is 23.0 Å². The van der Waals surface area contributed by atoms with Crippen molar-refractivity contribution >= 4 is 23.7 Å². The number of hydrogen-bond donors (Lipinski definition) is 0. The minimum atomic E-state index is 0. The molecule has 0 aliphatic carbocycles. The van der Waals surface area contributed by atoms with Gasteiger partial charge in [0, 0.05) is 32.7 Å². The van der Waals surface area contributed by atoms with E-state index in [4.69, 9.17) is 0 Å². The Morgan fingerprint density at radius 3 is 2.91 bits per heavy atom. The van der Waals surface area contributed by atoms with Crippen LogP contribution in [0.5, 0.6) is 0 Å². The van der Waals surface area contributed by atoms with Crippen LogP contribution in [-0.4, -0.2) is 6.29 Å². The monoisotopic (exact) mass is 240 g/mol. The van der Waals surface area contributed by atoms with E-state index in [0.717, 1.165) is 4.88 Å². The van der Waals surface area contributed by atoms with E-state index >= 15 is 0 Å². The first-order valence-electron chi connectivity index (χ1n) is 2.93. The van der Waals surface area contributed by atoms with Crippen LogP contribution in [0, 0.1) is 0 Å². The fourth-order valence-electron chi connectivity index (χ4n) is 0.616. The third-order valence-electron chi connectivity index (χ3n) is 1.06. The van der Waals surface area contributed by atoms with Crippen LogP contribution < -0.4 is 0 Å². The summed E-state index contributed by atoms with van der Waals surface area (Å²) >= 11 is 1.61. The number of hydrogen-bond acceptors (Lipinski definition) is 2. The van der Waals surface area contributed by atoms with Crippen LogP contribution in [0.25, 0.3) is 6.08 Å². The molecule has 0 fully saturated rings. The van der Waals surface area contributed by atoms with Crippen molar-refractivity contribution in [2.24, 2.45) is 0 Å². The van der Waals surface area contributed by atoms with Gasteiger partial charge in [0.05, 0.1) is 0 Å². The molecular formula is C8H7OSY-. The molecule has 3 heteroatoms. The summed E-state index contributed by atoms with van der Waals surface area (Å²) in [5.74, 6) is 0. The largest absolute Gasteiger partial charge is 0.419 e. The van der Waals surface area contributed by atoms with Gasteiger partial charge in [-0.25, -0.2) is 0 Å². The molecule has 11 heavy (non-hydrogen) atoms. The molecule has 0 unspecified atom stereocenters. The molecule has 0 aliphatic rings. The van der Waals surface area contributed by atoms with Crippen LogP contribution in [0.2, 0.25) is 0 Å². The van der Waals surface area contributed by atoms with Crippen molar-refractivity contribution in [1.82, 2.24) is 0 Å². The number of thiophene rings is 1. The fourth-order valence-corrected chi connectivity index (χ4v) is 1.33. The van der Waals surface area contributed by atoms with Gasteiger partial charge in [0.25, 0.3) is 0 Å². The first-order valence-corrected chi connectivity index (χ1v) is 3.81. The molecule has 0 saturated heterocycles. The Labute approximate surface area is 95.4 Å². The van der Waals surface area contributed by atoms with Gasteiger partial charge >= 0.3 is 0 Å². The topological polar surface area (TPSA) is 17.1 Å². The Bertz CT molecular complexity index is 239. The van der Waals surface area contributed by atoms with E-state index < -0.39 is 0 Å². The van der Waals surface area contributed by atoms with Crippen molar-refractivity contribution in [3.05, 3.63) is 28.0 Å². The number of allylic oxidation sites excluding steroid dienone is 1. The molecule has 0 aromatic carbocycles. The van der Waals surface area contributed by atoms with Crippen molar-refractivity contribution < 1.29 is 37.5 Å². The molecule has 0 amide bonds. The quantitative estimate of drug-likeness (QED) is 0.572. The van der Waals surface area contributed by atoms with E-state index in [1.165, 1.54) is 0 Å². The average Bonchev–Trinajstić information content (AvgIpc) is 2.40. The van der Waals surface area contributed by atoms with Gasteiger partial charge in [0.2, 0.25) is 0 Å². The Hall–Kier alpha value is 0.214. The first-order chi connectivity index (χ1) is 4.83. The zero-order valence-corrected chi connectivity index (χ0v) is 9.86. The Balaban J connectivity index is 0.000001000. The van der Waals surface area contributed by atoms with Crippen molar-refractivity contribution in [2.45, 2.75) is 6.92 Å². The van der Waals surface area contributed by atoms with Gasteiger partial charge in [-0.3, -0.25) is 0 Å². The van der Waals surface area contributed by atoms with Gasteiger partial charge in [0.15, 0.2) is 0 Å². The van der Waals surface area contributed by atoms with Crippen LogP contribution in [0.4, 0.5) is 0 Å². The van der Waals surface area contributed by atoms with E-state index in [-0.39, 0.29) is 32.7 Å². The maximum Gasteiger partial charge on any atom is 0 e. The van der Waals surface area contributed by atoms with Crippen molar-refractivity contribution in [1.29, 1.82) is 0 Å². The normalized spacial score (nSPS) is 10.5. The van der Waals surface area contributed by atoms with Gasteiger partial charge in [0.1, 0.15) is 0 Å². The molecule has 1 aromatic heterocycles. The van der Waals surface area contributed by atoms with Crippen LogP contribution >= 0.6 is 11.3 Å². The minimum Gasteiger partial charge on any atom is -0.419 e.